The quantitative estimate of drug-likeness (QED) is 0.311. The predicted octanol–water partition coefficient (Wildman–Crippen LogP) is 6.55. The lowest BCUT2D eigenvalue weighted by molar-refractivity contribution is -0.137. The Hall–Kier alpha value is -2.84. The standard InChI is InChI=1S/C27H35F3N4O/c1-6-15-31-16-17-33(5)26(3,4)22-10-8-9-20(18-22)24-19-25(34(7-2)32-24)35-23-13-11-21(12-14-23)27(28,29)30/h8-14,18-19,31H,6-7,15-17H2,1-5H3. The van der Waals surface area contributed by atoms with Crippen molar-refractivity contribution in [2.45, 2.75) is 52.4 Å². The molecule has 0 radical (unpaired) electrons. The molecule has 0 saturated heterocycles. The number of benzene rings is 2. The summed E-state index contributed by atoms with van der Waals surface area (Å²) in [6, 6.07) is 14.8. The lowest BCUT2D eigenvalue weighted by atomic mass is 9.91. The zero-order valence-electron chi connectivity index (χ0n) is 21.1. The number of halogens is 3. The zero-order valence-corrected chi connectivity index (χ0v) is 21.1. The number of aryl methyl sites for hydroxylation is 1. The summed E-state index contributed by atoms with van der Waals surface area (Å²) >= 11 is 0. The van der Waals surface area contributed by atoms with E-state index in [1.165, 1.54) is 17.7 Å². The van der Waals surface area contributed by atoms with Crippen molar-refractivity contribution in [2.24, 2.45) is 0 Å². The first-order valence-corrected chi connectivity index (χ1v) is 12.0. The van der Waals surface area contributed by atoms with E-state index < -0.39 is 11.7 Å². The zero-order chi connectivity index (χ0) is 25.6. The van der Waals surface area contributed by atoms with Crippen molar-refractivity contribution in [2.75, 3.05) is 26.7 Å². The number of likely N-dealkylation sites (N-methyl/N-ethyl adjacent to an activating group) is 1. The van der Waals surface area contributed by atoms with Gasteiger partial charge in [-0.25, -0.2) is 4.68 Å². The highest BCUT2D eigenvalue weighted by molar-refractivity contribution is 5.62. The molecule has 0 bridgehead atoms. The normalized spacial score (nSPS) is 12.4. The van der Waals surface area contributed by atoms with Gasteiger partial charge >= 0.3 is 6.18 Å². The van der Waals surface area contributed by atoms with Gasteiger partial charge in [0, 0.05) is 36.8 Å². The van der Waals surface area contributed by atoms with Gasteiger partial charge in [-0.05, 0) is 76.7 Å². The average Bonchev–Trinajstić information content (AvgIpc) is 3.24. The third kappa shape index (κ3) is 6.64. The number of hydrogen-bond donors (Lipinski definition) is 1. The maximum Gasteiger partial charge on any atom is 0.416 e. The number of alkyl halides is 3. The fourth-order valence-electron chi connectivity index (χ4n) is 3.79. The van der Waals surface area contributed by atoms with Gasteiger partial charge in [0.05, 0.1) is 11.3 Å². The maximum atomic E-state index is 12.9. The molecule has 2 aromatic carbocycles. The van der Waals surface area contributed by atoms with Crippen molar-refractivity contribution < 1.29 is 17.9 Å². The Bertz CT molecular complexity index is 1090. The molecular weight excluding hydrogens is 453 g/mol. The summed E-state index contributed by atoms with van der Waals surface area (Å²) in [4.78, 5) is 2.33. The summed E-state index contributed by atoms with van der Waals surface area (Å²) in [6.07, 6.45) is -3.26. The predicted molar refractivity (Wildman–Crippen MR) is 134 cm³/mol. The van der Waals surface area contributed by atoms with E-state index in [0.717, 1.165) is 49.4 Å². The number of rotatable bonds is 11. The Morgan fingerprint density at radius 2 is 1.69 bits per heavy atom. The first-order chi connectivity index (χ1) is 16.6. The lowest BCUT2D eigenvalue weighted by Crippen LogP contribution is -2.42. The molecule has 0 aliphatic carbocycles. The topological polar surface area (TPSA) is 42.3 Å². The SMILES string of the molecule is CCCNCCN(C)C(C)(C)c1cccc(-c2cc(Oc3ccc(C(F)(F)F)cc3)n(CC)n2)c1. The summed E-state index contributed by atoms with van der Waals surface area (Å²) < 4.78 is 46.2. The van der Waals surface area contributed by atoms with Gasteiger partial charge in [-0.1, -0.05) is 25.1 Å². The van der Waals surface area contributed by atoms with Crippen LogP contribution < -0.4 is 10.1 Å². The van der Waals surface area contributed by atoms with E-state index in [1.807, 2.05) is 25.1 Å². The van der Waals surface area contributed by atoms with Gasteiger partial charge in [0.15, 0.2) is 0 Å². The van der Waals surface area contributed by atoms with Crippen molar-refractivity contribution in [1.82, 2.24) is 20.0 Å². The van der Waals surface area contributed by atoms with Crippen LogP contribution in [0.25, 0.3) is 11.3 Å². The van der Waals surface area contributed by atoms with E-state index in [1.54, 1.807) is 4.68 Å². The summed E-state index contributed by atoms with van der Waals surface area (Å²) in [5.74, 6) is 0.804. The Labute approximate surface area is 205 Å². The highest BCUT2D eigenvalue weighted by atomic mass is 19.4. The van der Waals surface area contributed by atoms with E-state index >= 15 is 0 Å². The van der Waals surface area contributed by atoms with E-state index in [2.05, 4.69) is 55.3 Å². The molecule has 0 aliphatic rings. The molecule has 0 fully saturated rings. The smallest absolute Gasteiger partial charge is 0.416 e. The van der Waals surface area contributed by atoms with Crippen LogP contribution in [-0.2, 0) is 18.3 Å². The van der Waals surface area contributed by atoms with Crippen LogP contribution in [-0.4, -0.2) is 41.4 Å². The van der Waals surface area contributed by atoms with Crippen LogP contribution in [0.5, 0.6) is 11.6 Å². The molecule has 1 heterocycles. The number of nitrogens with one attached hydrogen (secondary N) is 1. The van der Waals surface area contributed by atoms with Crippen molar-refractivity contribution in [3.8, 4) is 22.9 Å². The van der Waals surface area contributed by atoms with Crippen LogP contribution in [0.1, 0.15) is 45.2 Å². The Balaban J connectivity index is 1.80. The maximum absolute atomic E-state index is 12.9. The van der Waals surface area contributed by atoms with Gasteiger partial charge in [-0.15, -0.1) is 0 Å². The van der Waals surface area contributed by atoms with Crippen LogP contribution in [0, 0.1) is 0 Å². The van der Waals surface area contributed by atoms with Gasteiger partial charge in [0.25, 0.3) is 0 Å². The lowest BCUT2D eigenvalue weighted by Gasteiger charge is -2.36. The minimum absolute atomic E-state index is 0.184. The van der Waals surface area contributed by atoms with E-state index in [4.69, 9.17) is 4.74 Å². The highest BCUT2D eigenvalue weighted by Crippen LogP contribution is 2.34. The fraction of sp³-hybridized carbons (Fsp3) is 0.444. The minimum Gasteiger partial charge on any atom is -0.439 e. The van der Waals surface area contributed by atoms with E-state index in [9.17, 15) is 13.2 Å². The van der Waals surface area contributed by atoms with Crippen molar-refractivity contribution in [1.29, 1.82) is 0 Å². The third-order valence-corrected chi connectivity index (χ3v) is 6.32. The van der Waals surface area contributed by atoms with Crippen LogP contribution in [0.15, 0.2) is 54.6 Å². The minimum atomic E-state index is -4.38. The van der Waals surface area contributed by atoms with Crippen LogP contribution >= 0.6 is 0 Å². The first kappa shape index (κ1) is 26.8. The molecule has 1 aromatic heterocycles. The van der Waals surface area contributed by atoms with Gasteiger partial charge < -0.3 is 10.1 Å². The fourth-order valence-corrected chi connectivity index (χ4v) is 3.79. The van der Waals surface area contributed by atoms with Crippen LogP contribution in [0.3, 0.4) is 0 Å². The summed E-state index contributed by atoms with van der Waals surface area (Å²) in [6.45, 7) is 11.9. The van der Waals surface area contributed by atoms with Gasteiger partial charge in [0.1, 0.15) is 5.75 Å². The molecule has 0 aliphatic heterocycles. The molecule has 0 spiro atoms. The molecule has 35 heavy (non-hydrogen) atoms. The van der Waals surface area contributed by atoms with Gasteiger partial charge in [-0.2, -0.15) is 18.3 Å². The van der Waals surface area contributed by atoms with Crippen molar-refractivity contribution in [3.05, 3.63) is 65.7 Å². The van der Waals surface area contributed by atoms with Crippen molar-refractivity contribution >= 4 is 0 Å². The monoisotopic (exact) mass is 488 g/mol. The molecule has 190 valence electrons. The molecule has 8 heteroatoms. The Morgan fingerprint density at radius 3 is 2.31 bits per heavy atom. The molecule has 3 aromatic rings. The van der Waals surface area contributed by atoms with Crippen LogP contribution in [0.2, 0.25) is 0 Å². The summed E-state index contributed by atoms with van der Waals surface area (Å²) in [5, 5.41) is 8.13. The largest absolute Gasteiger partial charge is 0.439 e. The average molecular weight is 489 g/mol. The molecule has 3 rings (SSSR count). The summed E-state index contributed by atoms with van der Waals surface area (Å²) in [7, 11) is 2.13. The third-order valence-electron chi connectivity index (χ3n) is 6.32. The molecule has 0 unspecified atom stereocenters. The molecule has 0 amide bonds. The van der Waals surface area contributed by atoms with Gasteiger partial charge in [0.2, 0.25) is 5.88 Å². The molecule has 0 atom stereocenters. The van der Waals surface area contributed by atoms with E-state index in [0.29, 0.717) is 18.2 Å². The highest BCUT2D eigenvalue weighted by Gasteiger charge is 2.30. The molecule has 0 saturated carbocycles. The molecule has 1 N–H and O–H groups in total. The summed E-state index contributed by atoms with van der Waals surface area (Å²) in [5.41, 5.74) is 1.98. The number of nitrogens with zero attached hydrogens (tertiary/aromatic N) is 3. The molecular formula is C27H35F3N4O. The van der Waals surface area contributed by atoms with Crippen molar-refractivity contribution in [3.63, 3.8) is 0 Å². The molecule has 5 nitrogen and oxygen atoms in total. The second-order valence-electron chi connectivity index (χ2n) is 9.12. The number of ether oxygens (including phenoxy) is 1. The van der Waals surface area contributed by atoms with E-state index in [-0.39, 0.29) is 5.54 Å². The second kappa shape index (κ2) is 11.3. The number of hydrogen-bond acceptors (Lipinski definition) is 4. The van der Waals surface area contributed by atoms with Crippen LogP contribution in [0.4, 0.5) is 13.2 Å². The Kier molecular flexibility index (Phi) is 8.61. The van der Waals surface area contributed by atoms with Gasteiger partial charge in [-0.3, -0.25) is 4.90 Å². The first-order valence-electron chi connectivity index (χ1n) is 12.0. The Morgan fingerprint density at radius 1 is 0.971 bits per heavy atom. The number of aromatic nitrogens is 2. The second-order valence-corrected chi connectivity index (χ2v) is 9.12.